The molecule has 0 aromatic heterocycles. The van der Waals surface area contributed by atoms with Gasteiger partial charge in [-0.1, -0.05) is 25.2 Å². The molecule has 0 aliphatic heterocycles. The largest absolute Gasteiger partial charge is 0.478 e. The van der Waals surface area contributed by atoms with Gasteiger partial charge in [0, 0.05) is 11.0 Å². The van der Waals surface area contributed by atoms with Gasteiger partial charge in [-0.15, -0.1) is 0 Å². The first kappa shape index (κ1) is 12.8. The smallest absolute Gasteiger partial charge is 0.331 e. The molecule has 2 aliphatic rings. The molecule has 18 heavy (non-hydrogen) atoms. The molecule has 0 bridgehead atoms. The van der Waals surface area contributed by atoms with Gasteiger partial charge in [0.05, 0.1) is 0 Å². The third kappa shape index (κ3) is 1.94. The van der Waals surface area contributed by atoms with E-state index >= 15 is 0 Å². The zero-order valence-electron chi connectivity index (χ0n) is 10.8. The number of carboxylic acid groups (broad SMARTS) is 1. The molecule has 3 nitrogen and oxygen atoms in total. The van der Waals surface area contributed by atoms with Gasteiger partial charge in [0.1, 0.15) is 0 Å². The van der Waals surface area contributed by atoms with E-state index in [1.807, 2.05) is 13.0 Å². The highest BCUT2D eigenvalue weighted by Crippen LogP contribution is 2.48. The summed E-state index contributed by atoms with van der Waals surface area (Å²) < 4.78 is 0. The Kier molecular flexibility index (Phi) is 3.01. The second-order valence-corrected chi connectivity index (χ2v) is 5.49. The molecule has 3 heteroatoms. The van der Waals surface area contributed by atoms with Gasteiger partial charge >= 0.3 is 5.97 Å². The minimum absolute atomic E-state index is 0.0418. The Labute approximate surface area is 107 Å². The second kappa shape index (κ2) is 4.23. The van der Waals surface area contributed by atoms with E-state index in [1.54, 1.807) is 6.08 Å². The van der Waals surface area contributed by atoms with Crippen LogP contribution in [0, 0.1) is 11.3 Å². The first-order chi connectivity index (χ1) is 8.35. The standard InChI is InChI=1S/C15H18O3/c1-9(14(17)18)11-4-6-15(3)7-5-13(16)10(2)12(15)8-11/h5,7,11H,1,4,6,8H2,2-3H3,(H,17,18). The normalized spacial score (nSPS) is 31.2. The van der Waals surface area contributed by atoms with Crippen molar-refractivity contribution in [3.63, 3.8) is 0 Å². The summed E-state index contributed by atoms with van der Waals surface area (Å²) in [6.07, 6.45) is 5.95. The zero-order chi connectivity index (χ0) is 13.5. The highest BCUT2D eigenvalue weighted by Gasteiger charge is 2.39. The second-order valence-electron chi connectivity index (χ2n) is 5.49. The number of aliphatic carboxylic acids is 1. The van der Waals surface area contributed by atoms with Crippen LogP contribution in [0.15, 0.2) is 35.5 Å². The van der Waals surface area contributed by atoms with Crippen molar-refractivity contribution in [3.05, 3.63) is 35.5 Å². The average molecular weight is 246 g/mol. The van der Waals surface area contributed by atoms with E-state index in [0.717, 1.165) is 24.0 Å². The van der Waals surface area contributed by atoms with Crippen LogP contribution in [0.3, 0.4) is 0 Å². The van der Waals surface area contributed by atoms with Crippen molar-refractivity contribution in [1.29, 1.82) is 0 Å². The molecular formula is C15H18O3. The zero-order valence-corrected chi connectivity index (χ0v) is 10.8. The Bertz CT molecular complexity index is 496. The Hall–Kier alpha value is -1.64. The summed E-state index contributed by atoms with van der Waals surface area (Å²) in [6, 6.07) is 0. The number of hydrogen-bond donors (Lipinski definition) is 1. The topological polar surface area (TPSA) is 54.4 Å². The van der Waals surface area contributed by atoms with Gasteiger partial charge in [-0.05, 0) is 43.8 Å². The van der Waals surface area contributed by atoms with E-state index in [4.69, 9.17) is 5.11 Å². The van der Waals surface area contributed by atoms with Crippen molar-refractivity contribution in [1.82, 2.24) is 0 Å². The van der Waals surface area contributed by atoms with E-state index in [2.05, 4.69) is 13.5 Å². The van der Waals surface area contributed by atoms with E-state index in [0.29, 0.717) is 6.42 Å². The molecule has 0 amide bonds. The highest BCUT2D eigenvalue weighted by atomic mass is 16.4. The molecule has 0 spiro atoms. The van der Waals surface area contributed by atoms with Crippen LogP contribution >= 0.6 is 0 Å². The van der Waals surface area contributed by atoms with Crippen LogP contribution in [0.4, 0.5) is 0 Å². The fourth-order valence-electron chi connectivity index (χ4n) is 2.98. The monoisotopic (exact) mass is 246 g/mol. The highest BCUT2D eigenvalue weighted by molar-refractivity contribution is 6.05. The number of carbonyl (C=O) groups is 2. The molecule has 0 aromatic carbocycles. The molecule has 0 aromatic rings. The lowest BCUT2D eigenvalue weighted by Gasteiger charge is -2.40. The summed E-state index contributed by atoms with van der Waals surface area (Å²) in [4.78, 5) is 22.7. The molecule has 1 saturated carbocycles. The number of carbonyl (C=O) groups excluding carboxylic acids is 1. The van der Waals surface area contributed by atoms with E-state index < -0.39 is 5.97 Å². The Morgan fingerprint density at radius 1 is 1.56 bits per heavy atom. The number of rotatable bonds is 2. The number of fused-ring (bicyclic) bond motifs is 1. The maximum atomic E-state index is 11.7. The Morgan fingerprint density at radius 2 is 2.22 bits per heavy atom. The third-order valence-electron chi connectivity index (χ3n) is 4.34. The predicted octanol–water partition coefficient (Wildman–Crippen LogP) is 2.89. The van der Waals surface area contributed by atoms with Crippen LogP contribution in [0.25, 0.3) is 0 Å². The molecule has 1 fully saturated rings. The van der Waals surface area contributed by atoms with Gasteiger partial charge in [-0.2, -0.15) is 0 Å². The third-order valence-corrected chi connectivity index (χ3v) is 4.34. The summed E-state index contributed by atoms with van der Waals surface area (Å²) in [7, 11) is 0. The van der Waals surface area contributed by atoms with E-state index in [-0.39, 0.29) is 22.7 Å². The first-order valence-electron chi connectivity index (χ1n) is 6.21. The maximum absolute atomic E-state index is 11.7. The van der Waals surface area contributed by atoms with E-state index in [1.165, 1.54) is 0 Å². The Balaban J connectivity index is 2.32. The van der Waals surface area contributed by atoms with Crippen LogP contribution in [-0.2, 0) is 9.59 Å². The maximum Gasteiger partial charge on any atom is 0.331 e. The summed E-state index contributed by atoms with van der Waals surface area (Å²) in [5.41, 5.74) is 2.06. The summed E-state index contributed by atoms with van der Waals surface area (Å²) >= 11 is 0. The molecule has 0 radical (unpaired) electrons. The fraction of sp³-hybridized carbons (Fsp3) is 0.467. The van der Waals surface area contributed by atoms with Crippen LogP contribution in [0.2, 0.25) is 0 Å². The van der Waals surface area contributed by atoms with Gasteiger partial charge in [0.15, 0.2) is 5.78 Å². The molecule has 2 atom stereocenters. The molecule has 96 valence electrons. The van der Waals surface area contributed by atoms with Crippen LogP contribution < -0.4 is 0 Å². The summed E-state index contributed by atoms with van der Waals surface area (Å²) in [6.45, 7) is 7.62. The lowest BCUT2D eigenvalue weighted by atomic mass is 9.63. The van der Waals surface area contributed by atoms with Crippen LogP contribution in [0.5, 0.6) is 0 Å². The quantitative estimate of drug-likeness (QED) is 0.762. The molecule has 2 rings (SSSR count). The van der Waals surface area contributed by atoms with Crippen molar-refractivity contribution < 1.29 is 14.7 Å². The number of allylic oxidation sites excluding steroid dienone is 4. The van der Waals surface area contributed by atoms with Gasteiger partial charge in [-0.3, -0.25) is 4.79 Å². The minimum atomic E-state index is -0.931. The first-order valence-corrected chi connectivity index (χ1v) is 6.21. The fourth-order valence-corrected chi connectivity index (χ4v) is 2.98. The summed E-state index contributed by atoms with van der Waals surface area (Å²) in [5.74, 6) is -0.927. The minimum Gasteiger partial charge on any atom is -0.478 e. The van der Waals surface area contributed by atoms with Gasteiger partial charge < -0.3 is 5.11 Å². The van der Waals surface area contributed by atoms with Crippen molar-refractivity contribution >= 4 is 11.8 Å². The number of carboxylic acids is 1. The molecule has 0 saturated heterocycles. The average Bonchev–Trinajstić information content (AvgIpc) is 2.33. The Morgan fingerprint density at radius 3 is 2.83 bits per heavy atom. The van der Waals surface area contributed by atoms with Crippen molar-refractivity contribution in [2.75, 3.05) is 0 Å². The van der Waals surface area contributed by atoms with Crippen molar-refractivity contribution in [2.45, 2.75) is 33.1 Å². The lowest BCUT2D eigenvalue weighted by Crippen LogP contribution is -2.31. The molecule has 2 unspecified atom stereocenters. The van der Waals surface area contributed by atoms with E-state index in [9.17, 15) is 9.59 Å². The summed E-state index contributed by atoms with van der Waals surface area (Å²) in [5, 5.41) is 9.02. The molecule has 1 N–H and O–H groups in total. The van der Waals surface area contributed by atoms with Crippen LogP contribution in [0.1, 0.15) is 33.1 Å². The molecular weight excluding hydrogens is 228 g/mol. The number of ketones is 1. The van der Waals surface area contributed by atoms with Crippen molar-refractivity contribution in [2.24, 2.45) is 11.3 Å². The van der Waals surface area contributed by atoms with Gasteiger partial charge in [-0.25, -0.2) is 4.79 Å². The molecule has 2 aliphatic carbocycles. The number of hydrogen-bond acceptors (Lipinski definition) is 2. The van der Waals surface area contributed by atoms with Gasteiger partial charge in [0.2, 0.25) is 0 Å². The SMILES string of the molecule is C=C(C(=O)O)C1CCC2(C)C=CC(=O)C(C)=C2C1. The van der Waals surface area contributed by atoms with Gasteiger partial charge in [0.25, 0.3) is 0 Å². The molecule has 0 heterocycles. The predicted molar refractivity (Wildman–Crippen MR) is 69.1 cm³/mol. The van der Waals surface area contributed by atoms with Crippen LogP contribution in [-0.4, -0.2) is 16.9 Å². The van der Waals surface area contributed by atoms with Crippen molar-refractivity contribution in [3.8, 4) is 0 Å². The lowest BCUT2D eigenvalue weighted by molar-refractivity contribution is -0.133.